The third-order valence-electron chi connectivity index (χ3n) is 3.35. The molecular weight excluding hydrogens is 254 g/mol. The van der Waals surface area contributed by atoms with E-state index in [9.17, 15) is 0 Å². The van der Waals surface area contributed by atoms with Gasteiger partial charge in [-0.25, -0.2) is 14.5 Å². The van der Waals surface area contributed by atoms with Crippen molar-refractivity contribution in [3.63, 3.8) is 0 Å². The highest BCUT2D eigenvalue weighted by molar-refractivity contribution is 5.98. The molecule has 4 rings (SSSR count). The van der Waals surface area contributed by atoms with Crippen LogP contribution in [0.5, 0.6) is 5.75 Å². The lowest BCUT2D eigenvalue weighted by Crippen LogP contribution is -1.88. The van der Waals surface area contributed by atoms with Gasteiger partial charge in [0, 0.05) is 24.2 Å². The standard InChI is InChI=1S/C14H11N5O/c1-20-11-2-4-15-14-13(11)10(7-16-14)9-3-5-19-12(6-9)17-8-18-19/h2-8H,1H3,(H,15,16). The van der Waals surface area contributed by atoms with E-state index in [1.807, 2.05) is 30.6 Å². The monoisotopic (exact) mass is 265 g/mol. The number of rotatable bonds is 2. The zero-order chi connectivity index (χ0) is 13.5. The Labute approximate surface area is 114 Å². The largest absolute Gasteiger partial charge is 0.496 e. The van der Waals surface area contributed by atoms with E-state index in [1.54, 1.807) is 17.8 Å². The third kappa shape index (κ3) is 1.48. The number of ether oxygens (including phenoxy) is 1. The molecule has 20 heavy (non-hydrogen) atoms. The SMILES string of the molecule is COc1ccnc2[nH]cc(-c3ccn4ncnc4c3)c12. The molecule has 0 saturated carbocycles. The molecule has 0 aliphatic heterocycles. The predicted molar refractivity (Wildman–Crippen MR) is 74.6 cm³/mol. The topological polar surface area (TPSA) is 68.1 Å². The Bertz CT molecular complexity index is 908. The Morgan fingerprint density at radius 3 is 3.10 bits per heavy atom. The molecule has 0 unspecified atom stereocenters. The van der Waals surface area contributed by atoms with E-state index in [0.29, 0.717) is 0 Å². The summed E-state index contributed by atoms with van der Waals surface area (Å²) in [6.07, 6.45) is 7.08. The highest BCUT2D eigenvalue weighted by Crippen LogP contribution is 2.34. The van der Waals surface area contributed by atoms with E-state index >= 15 is 0 Å². The van der Waals surface area contributed by atoms with E-state index in [4.69, 9.17) is 4.74 Å². The predicted octanol–water partition coefficient (Wildman–Crippen LogP) is 2.28. The molecule has 0 aromatic carbocycles. The summed E-state index contributed by atoms with van der Waals surface area (Å²) in [5.74, 6) is 0.799. The van der Waals surface area contributed by atoms with Crippen LogP contribution in [0.2, 0.25) is 0 Å². The van der Waals surface area contributed by atoms with Crippen molar-refractivity contribution >= 4 is 16.7 Å². The summed E-state index contributed by atoms with van der Waals surface area (Å²) in [6, 6.07) is 5.84. The number of nitrogens with zero attached hydrogens (tertiary/aromatic N) is 4. The lowest BCUT2D eigenvalue weighted by atomic mass is 10.1. The number of nitrogens with one attached hydrogen (secondary N) is 1. The Morgan fingerprint density at radius 2 is 2.20 bits per heavy atom. The molecule has 0 aliphatic rings. The molecule has 0 spiro atoms. The first-order valence-electron chi connectivity index (χ1n) is 6.16. The van der Waals surface area contributed by atoms with Gasteiger partial charge in [0.2, 0.25) is 0 Å². The van der Waals surface area contributed by atoms with Gasteiger partial charge in [-0.15, -0.1) is 0 Å². The second-order valence-corrected chi connectivity index (χ2v) is 4.42. The molecule has 4 aromatic rings. The average molecular weight is 265 g/mol. The molecule has 0 amide bonds. The highest BCUT2D eigenvalue weighted by atomic mass is 16.5. The molecule has 0 atom stereocenters. The summed E-state index contributed by atoms with van der Waals surface area (Å²) in [7, 11) is 1.66. The first-order valence-corrected chi connectivity index (χ1v) is 6.16. The molecule has 0 bridgehead atoms. The Hall–Kier alpha value is -2.89. The van der Waals surface area contributed by atoms with Crippen LogP contribution in [0.25, 0.3) is 27.8 Å². The molecule has 0 fully saturated rings. The van der Waals surface area contributed by atoms with E-state index in [2.05, 4.69) is 20.1 Å². The quantitative estimate of drug-likeness (QED) is 0.603. The first kappa shape index (κ1) is 11.0. The smallest absolute Gasteiger partial charge is 0.155 e. The zero-order valence-electron chi connectivity index (χ0n) is 10.7. The second-order valence-electron chi connectivity index (χ2n) is 4.42. The summed E-state index contributed by atoms with van der Waals surface area (Å²) in [4.78, 5) is 11.7. The maximum Gasteiger partial charge on any atom is 0.155 e. The van der Waals surface area contributed by atoms with Crippen LogP contribution in [0.3, 0.4) is 0 Å². The number of aromatic amines is 1. The lowest BCUT2D eigenvalue weighted by Gasteiger charge is -2.04. The van der Waals surface area contributed by atoms with Crippen molar-refractivity contribution in [2.24, 2.45) is 0 Å². The van der Waals surface area contributed by atoms with Crippen LogP contribution in [0.4, 0.5) is 0 Å². The molecule has 0 radical (unpaired) electrons. The number of pyridine rings is 2. The minimum absolute atomic E-state index is 0.799. The van der Waals surface area contributed by atoms with E-state index in [-0.39, 0.29) is 0 Å². The fraction of sp³-hybridized carbons (Fsp3) is 0.0714. The maximum atomic E-state index is 5.43. The van der Waals surface area contributed by atoms with Gasteiger partial charge in [-0.05, 0) is 23.8 Å². The molecule has 4 heterocycles. The van der Waals surface area contributed by atoms with Crippen molar-refractivity contribution in [2.75, 3.05) is 7.11 Å². The number of H-pyrrole nitrogens is 1. The van der Waals surface area contributed by atoms with Crippen LogP contribution >= 0.6 is 0 Å². The first-order chi connectivity index (χ1) is 9.86. The van der Waals surface area contributed by atoms with Gasteiger partial charge >= 0.3 is 0 Å². The van der Waals surface area contributed by atoms with Gasteiger partial charge in [0.05, 0.1) is 12.5 Å². The number of methoxy groups -OCH3 is 1. The molecule has 0 aliphatic carbocycles. The summed E-state index contributed by atoms with van der Waals surface area (Å²) in [5.41, 5.74) is 3.69. The number of hydrogen-bond acceptors (Lipinski definition) is 4. The van der Waals surface area contributed by atoms with Crippen molar-refractivity contribution in [1.29, 1.82) is 0 Å². The molecular formula is C14H11N5O. The summed E-state index contributed by atoms with van der Waals surface area (Å²) >= 11 is 0. The minimum atomic E-state index is 0.799. The van der Waals surface area contributed by atoms with Crippen molar-refractivity contribution in [3.05, 3.63) is 43.1 Å². The highest BCUT2D eigenvalue weighted by Gasteiger charge is 2.12. The van der Waals surface area contributed by atoms with Gasteiger partial charge < -0.3 is 9.72 Å². The summed E-state index contributed by atoms with van der Waals surface area (Å²) in [5, 5.41) is 5.07. The van der Waals surface area contributed by atoms with Gasteiger partial charge in [0.25, 0.3) is 0 Å². The van der Waals surface area contributed by atoms with Gasteiger partial charge in [-0.2, -0.15) is 5.10 Å². The second kappa shape index (κ2) is 4.06. The van der Waals surface area contributed by atoms with Crippen LogP contribution in [-0.2, 0) is 0 Å². The summed E-state index contributed by atoms with van der Waals surface area (Å²) < 4.78 is 7.16. The van der Waals surface area contributed by atoms with Gasteiger partial charge in [0.15, 0.2) is 5.65 Å². The maximum absolute atomic E-state index is 5.43. The van der Waals surface area contributed by atoms with Gasteiger partial charge in [-0.1, -0.05) is 0 Å². The lowest BCUT2D eigenvalue weighted by molar-refractivity contribution is 0.419. The number of aromatic nitrogens is 5. The third-order valence-corrected chi connectivity index (χ3v) is 3.35. The zero-order valence-corrected chi connectivity index (χ0v) is 10.7. The van der Waals surface area contributed by atoms with Gasteiger partial charge in [-0.3, -0.25) is 0 Å². The van der Waals surface area contributed by atoms with Crippen LogP contribution < -0.4 is 4.74 Å². The minimum Gasteiger partial charge on any atom is -0.496 e. The van der Waals surface area contributed by atoms with Crippen LogP contribution in [0.1, 0.15) is 0 Å². The van der Waals surface area contributed by atoms with Crippen LogP contribution in [0, 0.1) is 0 Å². The fourth-order valence-corrected chi connectivity index (χ4v) is 2.41. The van der Waals surface area contributed by atoms with E-state index in [1.165, 1.54) is 6.33 Å². The fourth-order valence-electron chi connectivity index (χ4n) is 2.41. The number of fused-ring (bicyclic) bond motifs is 2. The molecule has 4 aromatic heterocycles. The molecule has 98 valence electrons. The normalized spacial score (nSPS) is 11.2. The van der Waals surface area contributed by atoms with Crippen molar-refractivity contribution in [2.45, 2.75) is 0 Å². The van der Waals surface area contributed by atoms with Crippen LogP contribution in [-0.4, -0.2) is 31.7 Å². The van der Waals surface area contributed by atoms with Gasteiger partial charge in [0.1, 0.15) is 17.7 Å². The van der Waals surface area contributed by atoms with Crippen molar-refractivity contribution in [3.8, 4) is 16.9 Å². The number of hydrogen-bond donors (Lipinski definition) is 1. The molecule has 0 saturated heterocycles. The summed E-state index contributed by atoms with van der Waals surface area (Å²) in [6.45, 7) is 0. The molecule has 1 N–H and O–H groups in total. The van der Waals surface area contributed by atoms with E-state index in [0.717, 1.165) is 33.6 Å². The Balaban J connectivity index is 2.01. The molecule has 6 heteroatoms. The van der Waals surface area contributed by atoms with Crippen molar-refractivity contribution < 1.29 is 4.74 Å². The molecule has 6 nitrogen and oxygen atoms in total. The average Bonchev–Trinajstić information content (AvgIpc) is 3.12. The van der Waals surface area contributed by atoms with Crippen molar-refractivity contribution in [1.82, 2.24) is 24.6 Å². The van der Waals surface area contributed by atoms with Crippen LogP contribution in [0.15, 0.2) is 43.1 Å². The van der Waals surface area contributed by atoms with E-state index < -0.39 is 0 Å². The Morgan fingerprint density at radius 1 is 1.25 bits per heavy atom. The Kier molecular flexibility index (Phi) is 2.23.